The van der Waals surface area contributed by atoms with Crippen molar-refractivity contribution < 1.29 is 13.2 Å². The summed E-state index contributed by atoms with van der Waals surface area (Å²) < 4.78 is 40.1. The van der Waals surface area contributed by atoms with Gasteiger partial charge in [-0.2, -0.15) is 0 Å². The molecule has 1 heterocycles. The number of halogens is 3. The fourth-order valence-corrected chi connectivity index (χ4v) is 3.63. The molecule has 0 bridgehead atoms. The molecule has 0 spiro atoms. The lowest BCUT2D eigenvalue weighted by Crippen LogP contribution is -1.94. The van der Waals surface area contributed by atoms with Gasteiger partial charge >= 0.3 is 0 Å². The quantitative estimate of drug-likeness (QED) is 0.230. The molecule has 0 aliphatic carbocycles. The first-order chi connectivity index (χ1) is 15.1. The third kappa shape index (κ3) is 6.65. The molecule has 0 aliphatic rings. The second kappa shape index (κ2) is 11.6. The summed E-state index contributed by atoms with van der Waals surface area (Å²) in [5, 5.41) is 0. The van der Waals surface area contributed by atoms with Crippen molar-refractivity contribution >= 4 is 0 Å². The number of unbranched alkanes of at least 4 members (excludes halogenated alkanes) is 7. The molecule has 1 aromatic heterocycles. The number of nitrogens with zero attached hydrogens (tertiary/aromatic N) is 2. The maximum atomic E-state index is 13.5. The van der Waals surface area contributed by atoms with Gasteiger partial charge in [0.05, 0.1) is 0 Å². The highest BCUT2D eigenvalue weighted by molar-refractivity contribution is 5.67. The number of hydrogen-bond acceptors (Lipinski definition) is 2. The van der Waals surface area contributed by atoms with Crippen LogP contribution in [0.1, 0.15) is 63.9 Å². The fourth-order valence-electron chi connectivity index (χ4n) is 3.63. The van der Waals surface area contributed by atoms with Crippen LogP contribution < -0.4 is 0 Å². The Labute approximate surface area is 182 Å². The molecule has 0 atom stereocenters. The molecule has 0 saturated carbocycles. The van der Waals surface area contributed by atoms with Gasteiger partial charge in [-0.3, -0.25) is 0 Å². The highest BCUT2D eigenvalue weighted by Gasteiger charge is 2.12. The number of rotatable bonds is 11. The van der Waals surface area contributed by atoms with Gasteiger partial charge in [-0.1, -0.05) is 76.1 Å². The van der Waals surface area contributed by atoms with E-state index in [0.717, 1.165) is 36.1 Å². The van der Waals surface area contributed by atoms with Crippen LogP contribution in [0.5, 0.6) is 0 Å². The van der Waals surface area contributed by atoms with E-state index in [1.165, 1.54) is 44.9 Å². The summed E-state index contributed by atoms with van der Waals surface area (Å²) in [7, 11) is 0. The molecule has 3 rings (SSSR count). The average Bonchev–Trinajstić information content (AvgIpc) is 2.79. The number of aromatic nitrogens is 2. The van der Waals surface area contributed by atoms with E-state index in [4.69, 9.17) is 0 Å². The smallest absolute Gasteiger partial charge is 0.194 e. The van der Waals surface area contributed by atoms with E-state index in [9.17, 15) is 13.2 Å². The Balaban J connectivity index is 1.52. The van der Waals surface area contributed by atoms with Crippen LogP contribution in [0.3, 0.4) is 0 Å². The van der Waals surface area contributed by atoms with E-state index in [1.54, 1.807) is 24.3 Å². The Bertz CT molecular complexity index is 930. The lowest BCUT2D eigenvalue weighted by atomic mass is 10.0. The van der Waals surface area contributed by atoms with Crippen LogP contribution in [0.25, 0.3) is 22.5 Å². The zero-order valence-corrected chi connectivity index (χ0v) is 18.0. The summed E-state index contributed by atoms with van der Waals surface area (Å²) in [6, 6.07) is 9.01. The van der Waals surface area contributed by atoms with Crippen LogP contribution in [-0.2, 0) is 6.42 Å². The van der Waals surface area contributed by atoms with Crippen molar-refractivity contribution in [3.8, 4) is 22.5 Å². The number of hydrogen-bond donors (Lipinski definition) is 0. The molecule has 31 heavy (non-hydrogen) atoms. The van der Waals surface area contributed by atoms with Crippen LogP contribution in [-0.4, -0.2) is 9.97 Å². The summed E-state index contributed by atoms with van der Waals surface area (Å²) in [6.07, 6.45) is 15.0. The average molecular weight is 427 g/mol. The molecule has 0 aliphatic heterocycles. The maximum Gasteiger partial charge on any atom is 0.194 e. The minimum Gasteiger partial charge on any atom is -0.236 e. The van der Waals surface area contributed by atoms with Crippen LogP contribution >= 0.6 is 0 Å². The van der Waals surface area contributed by atoms with Crippen molar-refractivity contribution in [2.24, 2.45) is 0 Å². The Morgan fingerprint density at radius 3 is 1.74 bits per heavy atom. The molecule has 0 amide bonds. The van der Waals surface area contributed by atoms with Crippen molar-refractivity contribution in [1.82, 2.24) is 9.97 Å². The third-order valence-corrected chi connectivity index (χ3v) is 5.48. The first kappa shape index (κ1) is 23.0. The van der Waals surface area contributed by atoms with E-state index in [1.807, 2.05) is 12.4 Å². The maximum absolute atomic E-state index is 13.5. The topological polar surface area (TPSA) is 25.8 Å². The predicted molar refractivity (Wildman–Crippen MR) is 119 cm³/mol. The standard InChI is InChI=1S/C26H29F3N2/c1-2-3-4-5-6-7-8-9-10-19-17-30-26(31-18-19)21-13-11-20(12-14-21)22-15-23(27)25(29)24(28)16-22/h11-18H,2-10H2,1H3. The van der Waals surface area contributed by atoms with Gasteiger partial charge in [0.15, 0.2) is 23.3 Å². The van der Waals surface area contributed by atoms with E-state index >= 15 is 0 Å². The Morgan fingerprint density at radius 1 is 0.645 bits per heavy atom. The SMILES string of the molecule is CCCCCCCCCCc1cnc(-c2ccc(-c3cc(F)c(F)c(F)c3)cc2)nc1. The highest BCUT2D eigenvalue weighted by Crippen LogP contribution is 2.26. The fraction of sp³-hybridized carbons (Fsp3) is 0.385. The summed E-state index contributed by atoms with van der Waals surface area (Å²) in [6.45, 7) is 2.24. The predicted octanol–water partition coefficient (Wildman–Crippen LogP) is 7.91. The van der Waals surface area contributed by atoms with Crippen molar-refractivity contribution in [3.63, 3.8) is 0 Å². The van der Waals surface area contributed by atoms with Crippen LogP contribution in [0.15, 0.2) is 48.8 Å². The second-order valence-corrected chi connectivity index (χ2v) is 7.97. The van der Waals surface area contributed by atoms with E-state index in [-0.39, 0.29) is 5.56 Å². The molecule has 2 nitrogen and oxygen atoms in total. The third-order valence-electron chi connectivity index (χ3n) is 5.48. The molecule has 164 valence electrons. The van der Waals surface area contributed by atoms with E-state index in [2.05, 4.69) is 16.9 Å². The molecule has 0 unspecified atom stereocenters. The molecular formula is C26H29F3N2. The van der Waals surface area contributed by atoms with Crippen LogP contribution in [0.4, 0.5) is 13.2 Å². The van der Waals surface area contributed by atoms with Crippen molar-refractivity contribution in [1.29, 1.82) is 0 Å². The zero-order chi connectivity index (χ0) is 22.1. The second-order valence-electron chi connectivity index (χ2n) is 7.97. The minimum absolute atomic E-state index is 0.282. The van der Waals surface area contributed by atoms with Crippen LogP contribution in [0, 0.1) is 17.5 Å². The van der Waals surface area contributed by atoms with E-state index in [0.29, 0.717) is 11.4 Å². The molecule has 0 N–H and O–H groups in total. The van der Waals surface area contributed by atoms with Crippen molar-refractivity contribution in [3.05, 3.63) is 71.8 Å². The highest BCUT2D eigenvalue weighted by atomic mass is 19.2. The number of aryl methyl sites for hydroxylation is 1. The minimum atomic E-state index is -1.46. The molecule has 3 aromatic rings. The summed E-state index contributed by atoms with van der Waals surface area (Å²) in [5.74, 6) is -3.26. The van der Waals surface area contributed by atoms with Gasteiger partial charge in [0, 0.05) is 18.0 Å². The lowest BCUT2D eigenvalue weighted by Gasteiger charge is -2.06. The summed E-state index contributed by atoms with van der Waals surface area (Å²) >= 11 is 0. The van der Waals surface area contributed by atoms with Gasteiger partial charge in [-0.05, 0) is 41.7 Å². The van der Waals surface area contributed by atoms with Gasteiger partial charge in [0.1, 0.15) is 0 Å². The van der Waals surface area contributed by atoms with Crippen LogP contribution in [0.2, 0.25) is 0 Å². The van der Waals surface area contributed by atoms with Gasteiger partial charge in [0.2, 0.25) is 0 Å². The molecule has 2 aromatic carbocycles. The monoisotopic (exact) mass is 426 g/mol. The van der Waals surface area contributed by atoms with Gasteiger partial charge in [0.25, 0.3) is 0 Å². The van der Waals surface area contributed by atoms with Gasteiger partial charge < -0.3 is 0 Å². The molecule has 5 heteroatoms. The molecule has 0 radical (unpaired) electrons. The molecular weight excluding hydrogens is 397 g/mol. The van der Waals surface area contributed by atoms with Crippen molar-refractivity contribution in [2.75, 3.05) is 0 Å². The lowest BCUT2D eigenvalue weighted by molar-refractivity contribution is 0.448. The Kier molecular flexibility index (Phi) is 8.63. The van der Waals surface area contributed by atoms with Crippen molar-refractivity contribution in [2.45, 2.75) is 64.7 Å². The largest absolute Gasteiger partial charge is 0.236 e. The Morgan fingerprint density at radius 2 is 1.16 bits per heavy atom. The first-order valence-corrected chi connectivity index (χ1v) is 11.1. The summed E-state index contributed by atoms with van der Waals surface area (Å²) in [5.41, 5.74) is 2.81. The molecule has 0 fully saturated rings. The van der Waals surface area contributed by atoms with Gasteiger partial charge in [-0.25, -0.2) is 23.1 Å². The molecule has 0 saturated heterocycles. The van der Waals surface area contributed by atoms with Gasteiger partial charge in [-0.15, -0.1) is 0 Å². The van der Waals surface area contributed by atoms with E-state index < -0.39 is 17.5 Å². The Hall–Kier alpha value is -2.69. The number of benzene rings is 2. The summed E-state index contributed by atoms with van der Waals surface area (Å²) in [4.78, 5) is 8.92. The first-order valence-electron chi connectivity index (χ1n) is 11.1. The normalized spacial score (nSPS) is 11.1. The zero-order valence-electron chi connectivity index (χ0n) is 18.0.